The third-order valence-corrected chi connectivity index (χ3v) is 2.48. The third kappa shape index (κ3) is 2.11. The molecule has 1 heterocycles. The summed E-state index contributed by atoms with van der Waals surface area (Å²) in [6, 6.07) is 1.49. The molecule has 0 fully saturated rings. The Hall–Kier alpha value is -0.930. The summed E-state index contributed by atoms with van der Waals surface area (Å²) in [6.45, 7) is 4.91. The molecule has 2 nitrogen and oxygen atoms in total. The molecular formula is C10H16F2N2. The Morgan fingerprint density at radius 3 is 2.50 bits per heavy atom. The van der Waals surface area contributed by atoms with Gasteiger partial charge in [-0.25, -0.2) is 0 Å². The van der Waals surface area contributed by atoms with E-state index >= 15 is 0 Å². The lowest BCUT2D eigenvalue weighted by molar-refractivity contribution is 0.0122. The Morgan fingerprint density at radius 2 is 2.14 bits per heavy atom. The number of hydrogen-bond acceptors (Lipinski definition) is 1. The molecule has 1 unspecified atom stereocenters. The fraction of sp³-hybridized carbons (Fsp3) is 0.700. The standard InChI is InChI=1S/C10H16F2N2/c1-5-7(2)8-6-9(10(3,11)12)13-14(8)4/h6-7H,5H2,1-4H3. The Bertz CT molecular complexity index is 312. The van der Waals surface area contributed by atoms with Crippen LogP contribution >= 0.6 is 0 Å². The van der Waals surface area contributed by atoms with E-state index in [9.17, 15) is 8.78 Å². The van der Waals surface area contributed by atoms with Gasteiger partial charge in [0.2, 0.25) is 0 Å². The maximum atomic E-state index is 12.9. The number of nitrogens with zero attached hydrogens (tertiary/aromatic N) is 2. The maximum absolute atomic E-state index is 12.9. The van der Waals surface area contributed by atoms with E-state index in [1.807, 2.05) is 13.8 Å². The average molecular weight is 202 g/mol. The van der Waals surface area contributed by atoms with Crippen molar-refractivity contribution in [2.45, 2.75) is 39.0 Å². The van der Waals surface area contributed by atoms with Gasteiger partial charge in [-0.2, -0.15) is 13.9 Å². The molecule has 80 valence electrons. The first-order valence-electron chi connectivity index (χ1n) is 4.78. The minimum Gasteiger partial charge on any atom is -0.272 e. The molecule has 0 aromatic carbocycles. The lowest BCUT2D eigenvalue weighted by Gasteiger charge is -2.07. The summed E-state index contributed by atoms with van der Waals surface area (Å²) in [4.78, 5) is 0. The van der Waals surface area contributed by atoms with Crippen molar-refractivity contribution >= 4 is 0 Å². The molecule has 0 saturated carbocycles. The summed E-state index contributed by atoms with van der Waals surface area (Å²) in [5.74, 6) is -2.58. The van der Waals surface area contributed by atoms with Crippen molar-refractivity contribution in [3.8, 4) is 0 Å². The summed E-state index contributed by atoms with van der Waals surface area (Å²) >= 11 is 0. The van der Waals surface area contributed by atoms with Crippen LogP contribution in [0.25, 0.3) is 0 Å². The summed E-state index contributed by atoms with van der Waals surface area (Å²) in [5.41, 5.74) is 0.722. The highest BCUT2D eigenvalue weighted by atomic mass is 19.3. The van der Waals surface area contributed by atoms with Gasteiger partial charge in [-0.1, -0.05) is 13.8 Å². The van der Waals surface area contributed by atoms with Gasteiger partial charge in [0.05, 0.1) is 0 Å². The van der Waals surface area contributed by atoms with Crippen LogP contribution in [0.5, 0.6) is 0 Å². The average Bonchev–Trinajstić information content (AvgIpc) is 2.45. The lowest BCUT2D eigenvalue weighted by Crippen LogP contribution is -2.08. The van der Waals surface area contributed by atoms with E-state index < -0.39 is 5.92 Å². The molecule has 0 saturated heterocycles. The van der Waals surface area contributed by atoms with Crippen LogP contribution in [0.4, 0.5) is 8.78 Å². The van der Waals surface area contributed by atoms with Gasteiger partial charge in [-0.3, -0.25) is 4.68 Å². The minimum absolute atomic E-state index is 0.143. The van der Waals surface area contributed by atoms with Crippen molar-refractivity contribution < 1.29 is 8.78 Å². The zero-order valence-corrected chi connectivity index (χ0v) is 9.01. The Kier molecular flexibility index (Phi) is 2.92. The quantitative estimate of drug-likeness (QED) is 0.736. The monoisotopic (exact) mass is 202 g/mol. The molecule has 1 aromatic heterocycles. The zero-order chi connectivity index (χ0) is 10.9. The first kappa shape index (κ1) is 11.1. The molecule has 1 rings (SSSR count). The second kappa shape index (κ2) is 3.67. The van der Waals surface area contributed by atoms with Gasteiger partial charge in [0, 0.05) is 19.7 Å². The van der Waals surface area contributed by atoms with Gasteiger partial charge in [0.1, 0.15) is 5.69 Å². The van der Waals surface area contributed by atoms with Crippen LogP contribution in [-0.4, -0.2) is 9.78 Å². The largest absolute Gasteiger partial charge is 0.288 e. The number of alkyl halides is 2. The molecule has 0 bridgehead atoms. The second-order valence-electron chi connectivity index (χ2n) is 3.78. The molecular weight excluding hydrogens is 186 g/mol. The highest BCUT2D eigenvalue weighted by Gasteiger charge is 2.29. The highest BCUT2D eigenvalue weighted by molar-refractivity contribution is 5.17. The van der Waals surface area contributed by atoms with Crippen LogP contribution in [0.3, 0.4) is 0 Å². The molecule has 0 aliphatic carbocycles. The van der Waals surface area contributed by atoms with E-state index in [1.54, 1.807) is 11.7 Å². The first-order valence-corrected chi connectivity index (χ1v) is 4.78. The van der Waals surface area contributed by atoms with Gasteiger partial charge in [-0.05, 0) is 18.4 Å². The van der Waals surface area contributed by atoms with Gasteiger partial charge >= 0.3 is 0 Å². The maximum Gasteiger partial charge on any atom is 0.288 e. The fourth-order valence-electron chi connectivity index (χ4n) is 1.37. The van der Waals surface area contributed by atoms with Crippen LogP contribution in [-0.2, 0) is 13.0 Å². The summed E-state index contributed by atoms with van der Waals surface area (Å²) in [7, 11) is 1.71. The third-order valence-electron chi connectivity index (χ3n) is 2.48. The summed E-state index contributed by atoms with van der Waals surface area (Å²) < 4.78 is 27.4. The van der Waals surface area contributed by atoms with Crippen LogP contribution in [0, 0.1) is 0 Å². The van der Waals surface area contributed by atoms with E-state index in [4.69, 9.17) is 0 Å². The fourth-order valence-corrected chi connectivity index (χ4v) is 1.37. The number of aromatic nitrogens is 2. The molecule has 4 heteroatoms. The van der Waals surface area contributed by atoms with Gasteiger partial charge < -0.3 is 0 Å². The zero-order valence-electron chi connectivity index (χ0n) is 9.01. The first-order chi connectivity index (χ1) is 6.36. The molecule has 14 heavy (non-hydrogen) atoms. The molecule has 0 spiro atoms. The molecule has 0 N–H and O–H groups in total. The van der Waals surface area contributed by atoms with E-state index in [-0.39, 0.29) is 11.6 Å². The molecule has 1 aromatic rings. The topological polar surface area (TPSA) is 17.8 Å². The smallest absolute Gasteiger partial charge is 0.272 e. The van der Waals surface area contributed by atoms with Crippen molar-refractivity contribution in [1.82, 2.24) is 9.78 Å². The molecule has 0 amide bonds. The number of rotatable bonds is 3. The molecule has 0 radical (unpaired) electrons. The number of halogens is 2. The van der Waals surface area contributed by atoms with Crippen LogP contribution < -0.4 is 0 Å². The van der Waals surface area contributed by atoms with Crippen LogP contribution in [0.15, 0.2) is 6.07 Å². The molecule has 0 aliphatic heterocycles. The van der Waals surface area contributed by atoms with Crippen molar-refractivity contribution in [3.63, 3.8) is 0 Å². The van der Waals surface area contributed by atoms with Gasteiger partial charge in [0.25, 0.3) is 5.92 Å². The van der Waals surface area contributed by atoms with Crippen molar-refractivity contribution in [3.05, 3.63) is 17.5 Å². The number of hydrogen-bond donors (Lipinski definition) is 0. The van der Waals surface area contributed by atoms with E-state index in [1.165, 1.54) is 6.07 Å². The Balaban J connectivity index is 3.05. The van der Waals surface area contributed by atoms with Gasteiger partial charge in [0.15, 0.2) is 0 Å². The summed E-state index contributed by atoms with van der Waals surface area (Å²) in [5, 5.41) is 3.82. The van der Waals surface area contributed by atoms with E-state index in [0.717, 1.165) is 19.0 Å². The predicted molar refractivity (Wildman–Crippen MR) is 51.5 cm³/mol. The molecule has 0 aliphatic rings. The van der Waals surface area contributed by atoms with Gasteiger partial charge in [-0.15, -0.1) is 0 Å². The minimum atomic E-state index is -2.84. The summed E-state index contributed by atoms with van der Waals surface area (Å²) in [6.07, 6.45) is 0.925. The Labute approximate surface area is 82.9 Å². The van der Waals surface area contributed by atoms with Crippen molar-refractivity contribution in [2.24, 2.45) is 7.05 Å². The molecule has 1 atom stereocenters. The van der Waals surface area contributed by atoms with Crippen molar-refractivity contribution in [1.29, 1.82) is 0 Å². The van der Waals surface area contributed by atoms with E-state index in [2.05, 4.69) is 5.10 Å². The lowest BCUT2D eigenvalue weighted by atomic mass is 10.0. The Morgan fingerprint density at radius 1 is 1.57 bits per heavy atom. The second-order valence-corrected chi connectivity index (χ2v) is 3.78. The van der Waals surface area contributed by atoms with Crippen LogP contribution in [0.1, 0.15) is 44.5 Å². The van der Waals surface area contributed by atoms with E-state index in [0.29, 0.717) is 0 Å². The highest BCUT2D eigenvalue weighted by Crippen LogP contribution is 2.28. The predicted octanol–water partition coefficient (Wildman–Crippen LogP) is 3.05. The SMILES string of the molecule is CCC(C)c1cc(C(C)(F)F)nn1C. The van der Waals surface area contributed by atoms with Crippen molar-refractivity contribution in [2.75, 3.05) is 0 Å². The van der Waals surface area contributed by atoms with Crippen LogP contribution in [0.2, 0.25) is 0 Å². The number of aryl methyl sites for hydroxylation is 1. The normalized spacial score (nSPS) is 14.4.